The van der Waals surface area contributed by atoms with Gasteiger partial charge in [-0.15, -0.1) is 15.3 Å². The van der Waals surface area contributed by atoms with Gasteiger partial charge in [-0.25, -0.2) is 13.8 Å². The Balaban J connectivity index is 1.69. The minimum Gasteiger partial charge on any atom is -0.476 e. The summed E-state index contributed by atoms with van der Waals surface area (Å²) in [6, 6.07) is 4.93. The summed E-state index contributed by atoms with van der Waals surface area (Å²) < 4.78 is 32.3. The molecule has 0 saturated carbocycles. The maximum atomic E-state index is 12.9. The van der Waals surface area contributed by atoms with Crippen LogP contribution in [0.2, 0.25) is 5.02 Å². The van der Waals surface area contributed by atoms with E-state index in [1.807, 2.05) is 13.8 Å². The van der Waals surface area contributed by atoms with Gasteiger partial charge in [0.1, 0.15) is 10.8 Å². The average Bonchev–Trinajstić information content (AvgIpc) is 3.02. The Kier molecular flexibility index (Phi) is 5.46. The summed E-state index contributed by atoms with van der Waals surface area (Å²) in [6.07, 6.45) is -1.12. The number of pyridine rings is 1. The molecule has 1 N–H and O–H groups in total. The molecule has 0 bridgehead atoms. The van der Waals surface area contributed by atoms with Gasteiger partial charge in [-0.2, -0.15) is 4.52 Å². The highest BCUT2D eigenvalue weighted by Gasteiger charge is 2.17. The summed E-state index contributed by atoms with van der Waals surface area (Å²) in [7, 11) is 0. The number of nitrogens with one attached hydrogen (secondary N) is 1. The van der Waals surface area contributed by atoms with Crippen molar-refractivity contribution in [2.24, 2.45) is 5.92 Å². The molecule has 0 aliphatic rings. The average molecular weight is 383 g/mol. The van der Waals surface area contributed by atoms with Crippen LogP contribution in [-0.4, -0.2) is 31.4 Å². The highest BCUT2D eigenvalue weighted by Crippen LogP contribution is 2.23. The Morgan fingerprint density at radius 1 is 1.27 bits per heavy atom. The van der Waals surface area contributed by atoms with Crippen molar-refractivity contribution in [3.05, 3.63) is 40.8 Å². The van der Waals surface area contributed by atoms with Crippen molar-refractivity contribution in [2.75, 3.05) is 11.9 Å². The van der Waals surface area contributed by atoms with Crippen LogP contribution in [0.1, 0.15) is 31.7 Å². The number of hydrogen-bond donors (Lipinski definition) is 1. The summed E-state index contributed by atoms with van der Waals surface area (Å²) in [5.74, 6) is 0.649. The Labute approximate surface area is 153 Å². The first-order valence-electron chi connectivity index (χ1n) is 7.95. The lowest BCUT2D eigenvalue weighted by Crippen LogP contribution is -2.08. The molecule has 0 amide bonds. The first kappa shape index (κ1) is 18.2. The number of hydrogen-bond acceptors (Lipinski definition) is 6. The van der Waals surface area contributed by atoms with Gasteiger partial charge < -0.3 is 10.1 Å². The monoisotopic (exact) mass is 382 g/mol. The normalized spacial score (nSPS) is 11.5. The van der Waals surface area contributed by atoms with Crippen LogP contribution in [0.5, 0.6) is 5.88 Å². The standard InChI is InChI=1S/C16H17ClF2N6O/c1-9(2)8-26-16-11(17)5-10(7-21-16)6-20-12-3-4-13-22-23-15(14(18)19)25(13)24-12/h3-5,7,9,14H,6,8H2,1-2H3,(H,20,24). The van der Waals surface area contributed by atoms with Gasteiger partial charge in [-0.1, -0.05) is 25.4 Å². The smallest absolute Gasteiger partial charge is 0.299 e. The van der Waals surface area contributed by atoms with E-state index in [-0.39, 0.29) is 5.65 Å². The number of nitrogens with zero attached hydrogens (tertiary/aromatic N) is 5. The van der Waals surface area contributed by atoms with Gasteiger partial charge in [-0.05, 0) is 29.7 Å². The van der Waals surface area contributed by atoms with Crippen molar-refractivity contribution in [1.82, 2.24) is 24.8 Å². The lowest BCUT2D eigenvalue weighted by atomic mass is 10.2. The minimum absolute atomic E-state index is 0.252. The zero-order valence-corrected chi connectivity index (χ0v) is 14.9. The van der Waals surface area contributed by atoms with E-state index in [0.29, 0.717) is 35.8 Å². The molecule has 0 aliphatic carbocycles. The van der Waals surface area contributed by atoms with E-state index in [1.54, 1.807) is 24.4 Å². The summed E-state index contributed by atoms with van der Waals surface area (Å²) in [5, 5.41) is 14.6. The minimum atomic E-state index is -2.76. The first-order chi connectivity index (χ1) is 12.4. The SMILES string of the molecule is CC(C)COc1ncc(CNc2ccc3nnc(C(F)F)n3n2)cc1Cl. The van der Waals surface area contributed by atoms with Gasteiger partial charge in [0.15, 0.2) is 5.65 Å². The van der Waals surface area contributed by atoms with Crippen LogP contribution in [0.3, 0.4) is 0 Å². The zero-order valence-electron chi connectivity index (χ0n) is 14.2. The van der Waals surface area contributed by atoms with Gasteiger partial charge in [0, 0.05) is 12.7 Å². The lowest BCUT2D eigenvalue weighted by Gasteiger charge is -2.11. The van der Waals surface area contributed by atoms with Crippen molar-refractivity contribution in [1.29, 1.82) is 0 Å². The number of alkyl halides is 2. The molecule has 0 radical (unpaired) electrons. The molecule has 138 valence electrons. The molecule has 10 heteroatoms. The molecule has 3 heterocycles. The van der Waals surface area contributed by atoms with Gasteiger partial charge in [0.05, 0.1) is 6.61 Å². The van der Waals surface area contributed by atoms with Crippen molar-refractivity contribution >= 4 is 23.1 Å². The second-order valence-corrected chi connectivity index (χ2v) is 6.44. The Morgan fingerprint density at radius 2 is 2.08 bits per heavy atom. The van der Waals surface area contributed by atoms with Crippen LogP contribution in [0.4, 0.5) is 14.6 Å². The van der Waals surface area contributed by atoms with Crippen molar-refractivity contribution in [3.8, 4) is 5.88 Å². The van der Waals surface area contributed by atoms with E-state index in [0.717, 1.165) is 10.1 Å². The molecule has 0 aliphatic heterocycles. The predicted octanol–water partition coefficient (Wildman–Crippen LogP) is 3.76. The molecule has 26 heavy (non-hydrogen) atoms. The van der Waals surface area contributed by atoms with E-state index >= 15 is 0 Å². The highest BCUT2D eigenvalue weighted by molar-refractivity contribution is 6.31. The molecule has 0 spiro atoms. The fourth-order valence-corrected chi connectivity index (χ4v) is 2.39. The maximum absolute atomic E-state index is 12.9. The van der Waals surface area contributed by atoms with Gasteiger partial charge >= 0.3 is 0 Å². The van der Waals surface area contributed by atoms with Crippen LogP contribution < -0.4 is 10.1 Å². The molecule has 0 atom stereocenters. The van der Waals surface area contributed by atoms with Gasteiger partial charge in [-0.3, -0.25) is 0 Å². The molecule has 3 aromatic heterocycles. The summed E-state index contributed by atoms with van der Waals surface area (Å²) in [4.78, 5) is 4.20. The molecule has 3 rings (SSSR count). The first-order valence-corrected chi connectivity index (χ1v) is 8.33. The van der Waals surface area contributed by atoms with E-state index in [4.69, 9.17) is 16.3 Å². The second-order valence-electron chi connectivity index (χ2n) is 6.04. The van der Waals surface area contributed by atoms with Crippen LogP contribution in [-0.2, 0) is 6.54 Å². The molecular weight excluding hydrogens is 366 g/mol. The number of anilines is 1. The van der Waals surface area contributed by atoms with Gasteiger partial charge in [0.2, 0.25) is 11.7 Å². The van der Waals surface area contributed by atoms with Crippen molar-refractivity contribution in [3.63, 3.8) is 0 Å². The molecule has 0 aromatic carbocycles. The van der Waals surface area contributed by atoms with Crippen LogP contribution in [0.15, 0.2) is 24.4 Å². The number of rotatable bonds is 7. The third-order valence-electron chi connectivity index (χ3n) is 3.37. The van der Waals surface area contributed by atoms with E-state index in [1.165, 1.54) is 0 Å². The third-order valence-corrected chi connectivity index (χ3v) is 3.64. The van der Waals surface area contributed by atoms with E-state index in [2.05, 4.69) is 25.6 Å². The zero-order chi connectivity index (χ0) is 18.7. The van der Waals surface area contributed by atoms with Crippen molar-refractivity contribution in [2.45, 2.75) is 26.8 Å². The predicted molar refractivity (Wildman–Crippen MR) is 92.6 cm³/mol. The molecule has 7 nitrogen and oxygen atoms in total. The lowest BCUT2D eigenvalue weighted by molar-refractivity contribution is 0.137. The van der Waals surface area contributed by atoms with Gasteiger partial charge in [0.25, 0.3) is 6.43 Å². The second kappa shape index (κ2) is 7.77. The number of fused-ring (bicyclic) bond motifs is 1. The van der Waals surface area contributed by atoms with Crippen LogP contribution in [0.25, 0.3) is 5.65 Å². The molecule has 0 fully saturated rings. The van der Waals surface area contributed by atoms with Crippen LogP contribution >= 0.6 is 11.6 Å². The topological polar surface area (TPSA) is 77.2 Å². The Morgan fingerprint density at radius 3 is 2.77 bits per heavy atom. The highest BCUT2D eigenvalue weighted by atomic mass is 35.5. The number of halogens is 3. The quantitative estimate of drug-likeness (QED) is 0.670. The molecular formula is C16H17ClF2N6O. The maximum Gasteiger partial charge on any atom is 0.299 e. The fraction of sp³-hybridized carbons (Fsp3) is 0.375. The Hall–Kier alpha value is -2.55. The molecule has 0 saturated heterocycles. The Bertz CT molecular complexity index is 902. The number of ether oxygens (including phenoxy) is 1. The molecule has 0 unspecified atom stereocenters. The molecule has 3 aromatic rings. The fourth-order valence-electron chi connectivity index (χ4n) is 2.14. The third kappa shape index (κ3) is 4.16. The summed E-state index contributed by atoms with van der Waals surface area (Å²) in [6.45, 7) is 4.96. The van der Waals surface area contributed by atoms with E-state index in [9.17, 15) is 8.78 Å². The summed E-state index contributed by atoms with van der Waals surface area (Å²) >= 11 is 6.18. The largest absolute Gasteiger partial charge is 0.476 e. The number of aromatic nitrogens is 5. The summed E-state index contributed by atoms with van der Waals surface area (Å²) in [5.41, 5.74) is 1.05. The van der Waals surface area contributed by atoms with Crippen molar-refractivity contribution < 1.29 is 13.5 Å². The van der Waals surface area contributed by atoms with E-state index < -0.39 is 12.2 Å². The van der Waals surface area contributed by atoms with Crippen LogP contribution in [0, 0.1) is 5.92 Å².